The van der Waals surface area contributed by atoms with Crippen LogP contribution < -0.4 is 20.7 Å². The van der Waals surface area contributed by atoms with Crippen LogP contribution in [-0.4, -0.2) is 85.8 Å². The van der Waals surface area contributed by atoms with E-state index in [0.29, 0.717) is 63.9 Å². The zero-order valence-electron chi connectivity index (χ0n) is 27.8. The van der Waals surface area contributed by atoms with Crippen molar-refractivity contribution in [2.24, 2.45) is 17.8 Å². The maximum absolute atomic E-state index is 13.8. The van der Waals surface area contributed by atoms with Crippen molar-refractivity contribution in [3.63, 3.8) is 0 Å². The zero-order valence-corrected chi connectivity index (χ0v) is 27.8. The van der Waals surface area contributed by atoms with E-state index in [1.165, 1.54) is 12.1 Å². The molecule has 0 aromatic heterocycles. The molecular weight excluding hydrogens is 591 g/mol. The number of carbonyl (C=O) groups is 3. The molecule has 3 amide bonds. The van der Waals surface area contributed by atoms with E-state index in [0.717, 1.165) is 17.7 Å². The van der Waals surface area contributed by atoms with Crippen molar-refractivity contribution in [1.82, 2.24) is 20.9 Å². The molecule has 1 saturated heterocycles. The number of nitrogens with one attached hydrogen (secondary N) is 3. The highest BCUT2D eigenvalue weighted by atomic mass is 19.1. The minimum Gasteiger partial charge on any atom is -0.505 e. The molecule has 0 saturated carbocycles. The fraction of sp³-hybridized carbons (Fsp3) is 0.571. The Labute approximate surface area is 272 Å². The number of rotatable bonds is 17. The number of aromatic hydroxyl groups is 1. The lowest BCUT2D eigenvalue weighted by molar-refractivity contribution is -0.134. The highest BCUT2D eigenvalue weighted by Crippen LogP contribution is 2.21. The number of hydrogen-bond donors (Lipinski definition) is 4. The number of morpholine rings is 1. The van der Waals surface area contributed by atoms with Crippen LogP contribution in [0.2, 0.25) is 0 Å². The molecule has 0 radical (unpaired) electrons. The maximum Gasteiger partial charge on any atom is 0.243 e. The Balaban J connectivity index is 1.60. The average Bonchev–Trinajstić information content (AvgIpc) is 3.02. The number of ether oxygens (including phenoxy) is 2. The molecule has 2 aromatic carbocycles. The number of nitrogens with zero attached hydrogens (tertiary/aromatic N) is 1. The van der Waals surface area contributed by atoms with E-state index in [4.69, 9.17) is 9.47 Å². The number of phenols is 1. The number of hydrogen-bond acceptors (Lipinski definition) is 7. The van der Waals surface area contributed by atoms with Gasteiger partial charge in [0, 0.05) is 32.1 Å². The van der Waals surface area contributed by atoms with Gasteiger partial charge in [-0.2, -0.15) is 0 Å². The average molecular weight is 643 g/mol. The van der Waals surface area contributed by atoms with Gasteiger partial charge in [-0.05, 0) is 60.4 Å². The number of phenolic OH excluding ortho intramolecular Hbond substituents is 1. The highest BCUT2D eigenvalue weighted by Gasteiger charge is 2.31. The van der Waals surface area contributed by atoms with Gasteiger partial charge in [0.05, 0.1) is 19.8 Å². The molecule has 0 bridgehead atoms. The van der Waals surface area contributed by atoms with E-state index >= 15 is 0 Å². The van der Waals surface area contributed by atoms with Gasteiger partial charge < -0.3 is 30.5 Å². The lowest BCUT2D eigenvalue weighted by Crippen LogP contribution is -2.59. The molecule has 1 aliphatic rings. The first kappa shape index (κ1) is 36.8. The van der Waals surface area contributed by atoms with Crippen LogP contribution in [0.3, 0.4) is 0 Å². The van der Waals surface area contributed by atoms with Crippen molar-refractivity contribution in [3.8, 4) is 11.5 Å². The van der Waals surface area contributed by atoms with Gasteiger partial charge in [-0.1, -0.05) is 58.9 Å². The first-order valence-electron chi connectivity index (χ1n) is 16.3. The fourth-order valence-electron chi connectivity index (χ4n) is 5.17. The summed E-state index contributed by atoms with van der Waals surface area (Å²) in [6.07, 6.45) is 1.65. The van der Waals surface area contributed by atoms with Crippen LogP contribution in [0, 0.1) is 23.6 Å². The molecule has 0 spiro atoms. The molecule has 254 valence electrons. The van der Waals surface area contributed by atoms with Crippen LogP contribution in [0.4, 0.5) is 4.39 Å². The molecule has 10 nitrogen and oxygen atoms in total. The smallest absolute Gasteiger partial charge is 0.243 e. The topological polar surface area (TPSA) is 129 Å². The zero-order chi connectivity index (χ0) is 33.6. The van der Waals surface area contributed by atoms with Gasteiger partial charge in [0.15, 0.2) is 11.6 Å². The molecule has 1 aliphatic heterocycles. The molecule has 3 atom stereocenters. The molecule has 2 aromatic rings. The van der Waals surface area contributed by atoms with Crippen molar-refractivity contribution >= 4 is 17.7 Å². The maximum atomic E-state index is 13.8. The molecule has 0 unspecified atom stereocenters. The molecule has 1 heterocycles. The standard InChI is InChI=1S/C35H51FN4O6/c1-23(2)22-46-31-11-7-6-9-27(31)10-8-14-37-34(43)29(21-40-15-17-45-18-16-40)38-35(44)32(24(3)4)39-33(42)25(5)19-26-12-13-30(41)28(36)20-26/h6-7,9,11-13,20,23-25,29,32,41H,8,10,14-19,21-22H2,1-5H3,(H,37,43)(H,38,44)(H,39,42)/t25-,29+,32-/m1/s1. The molecule has 3 rings (SSSR count). The summed E-state index contributed by atoms with van der Waals surface area (Å²) in [7, 11) is 0. The van der Waals surface area contributed by atoms with Crippen LogP contribution in [0.25, 0.3) is 0 Å². The van der Waals surface area contributed by atoms with E-state index in [1.54, 1.807) is 13.0 Å². The predicted octanol–water partition coefficient (Wildman–Crippen LogP) is 3.45. The number of carbonyl (C=O) groups excluding carboxylic acids is 3. The minimum atomic E-state index is -0.881. The van der Waals surface area contributed by atoms with Crippen molar-refractivity contribution in [2.45, 2.75) is 66.0 Å². The van der Waals surface area contributed by atoms with Gasteiger partial charge in [0.25, 0.3) is 0 Å². The fourth-order valence-corrected chi connectivity index (χ4v) is 5.17. The van der Waals surface area contributed by atoms with Gasteiger partial charge in [0.2, 0.25) is 17.7 Å². The number of amides is 3. The third kappa shape index (κ3) is 11.9. The van der Waals surface area contributed by atoms with Crippen LogP contribution in [-0.2, 0) is 32.0 Å². The summed E-state index contributed by atoms with van der Waals surface area (Å²) >= 11 is 0. The molecule has 11 heteroatoms. The van der Waals surface area contributed by atoms with E-state index in [2.05, 4.69) is 34.7 Å². The quantitative estimate of drug-likeness (QED) is 0.195. The summed E-state index contributed by atoms with van der Waals surface area (Å²) < 4.78 is 25.2. The van der Waals surface area contributed by atoms with Gasteiger partial charge in [0.1, 0.15) is 17.8 Å². The van der Waals surface area contributed by atoms with Crippen molar-refractivity contribution < 1.29 is 33.4 Å². The number of para-hydroxylation sites is 1. The Bertz CT molecular complexity index is 1280. The predicted molar refractivity (Wildman–Crippen MR) is 175 cm³/mol. The van der Waals surface area contributed by atoms with Crippen LogP contribution >= 0.6 is 0 Å². The summed E-state index contributed by atoms with van der Waals surface area (Å²) in [5, 5.41) is 18.2. The summed E-state index contributed by atoms with van der Waals surface area (Å²) in [6.45, 7) is 13.3. The number of aryl methyl sites for hydroxylation is 1. The van der Waals surface area contributed by atoms with E-state index < -0.39 is 35.5 Å². The van der Waals surface area contributed by atoms with Gasteiger partial charge in [-0.25, -0.2) is 4.39 Å². The molecule has 0 aliphatic carbocycles. The lowest BCUT2D eigenvalue weighted by Gasteiger charge is -2.31. The lowest BCUT2D eigenvalue weighted by atomic mass is 9.97. The molecule has 1 fully saturated rings. The third-order valence-electron chi connectivity index (χ3n) is 7.89. The van der Waals surface area contributed by atoms with Gasteiger partial charge in [-0.15, -0.1) is 0 Å². The Hall–Kier alpha value is -3.70. The van der Waals surface area contributed by atoms with Crippen LogP contribution in [0.5, 0.6) is 11.5 Å². The van der Waals surface area contributed by atoms with E-state index in [1.807, 2.05) is 38.1 Å². The Morgan fingerprint density at radius 3 is 2.37 bits per heavy atom. The monoisotopic (exact) mass is 642 g/mol. The molecular formula is C35H51FN4O6. The second-order valence-corrected chi connectivity index (χ2v) is 12.8. The van der Waals surface area contributed by atoms with Crippen LogP contribution in [0.15, 0.2) is 42.5 Å². The van der Waals surface area contributed by atoms with Crippen molar-refractivity contribution in [3.05, 3.63) is 59.4 Å². The summed E-state index contributed by atoms with van der Waals surface area (Å²) in [6, 6.07) is 10.2. The second-order valence-electron chi connectivity index (χ2n) is 12.8. The second kappa shape index (κ2) is 18.4. The summed E-state index contributed by atoms with van der Waals surface area (Å²) in [5.74, 6) is -1.87. The molecule has 4 N–H and O–H groups in total. The number of benzene rings is 2. The summed E-state index contributed by atoms with van der Waals surface area (Å²) in [4.78, 5) is 42.2. The van der Waals surface area contributed by atoms with E-state index in [-0.39, 0.29) is 24.2 Å². The van der Waals surface area contributed by atoms with Crippen LogP contribution in [0.1, 0.15) is 52.2 Å². The Morgan fingerprint density at radius 1 is 0.978 bits per heavy atom. The van der Waals surface area contributed by atoms with Gasteiger partial charge >= 0.3 is 0 Å². The highest BCUT2D eigenvalue weighted by molar-refractivity contribution is 5.92. The van der Waals surface area contributed by atoms with E-state index in [9.17, 15) is 23.9 Å². The minimum absolute atomic E-state index is 0.228. The van der Waals surface area contributed by atoms with Crippen molar-refractivity contribution in [2.75, 3.05) is 46.0 Å². The third-order valence-corrected chi connectivity index (χ3v) is 7.89. The normalized spacial score (nSPS) is 15.7. The largest absolute Gasteiger partial charge is 0.505 e. The first-order chi connectivity index (χ1) is 21.9. The summed E-state index contributed by atoms with van der Waals surface area (Å²) in [5.41, 5.74) is 1.63. The number of halogens is 1. The Kier molecular flexibility index (Phi) is 14.7. The molecule has 46 heavy (non-hydrogen) atoms. The Morgan fingerprint density at radius 2 is 1.70 bits per heavy atom. The van der Waals surface area contributed by atoms with Crippen molar-refractivity contribution in [1.29, 1.82) is 0 Å². The SMILES string of the molecule is CC(C)COc1ccccc1CCCNC(=O)[C@H](CN1CCOCC1)NC(=O)[C@H](NC(=O)[C@H](C)Cc1ccc(O)c(F)c1)C(C)C. The van der Waals surface area contributed by atoms with Gasteiger partial charge in [-0.3, -0.25) is 19.3 Å². The first-order valence-corrected chi connectivity index (χ1v) is 16.3.